The summed E-state index contributed by atoms with van der Waals surface area (Å²) in [6, 6.07) is 0.846. The second-order valence-electron chi connectivity index (χ2n) is 5.64. The highest BCUT2D eigenvalue weighted by molar-refractivity contribution is 5.15. The van der Waals surface area contributed by atoms with Crippen LogP contribution in [0.1, 0.15) is 39.5 Å². The van der Waals surface area contributed by atoms with E-state index in [0.29, 0.717) is 0 Å². The molecule has 0 spiro atoms. The normalized spacial score (nSPS) is 50.6. The molecule has 80 valence electrons. The molecular weight excluding hydrogens is 170 g/mol. The first-order chi connectivity index (χ1) is 6.86. The molecule has 3 aliphatic rings. The van der Waals surface area contributed by atoms with Gasteiger partial charge in [0.15, 0.2) is 0 Å². The van der Waals surface area contributed by atoms with E-state index in [0.717, 1.165) is 42.2 Å². The van der Waals surface area contributed by atoms with Gasteiger partial charge in [0.25, 0.3) is 0 Å². The van der Waals surface area contributed by atoms with Crippen LogP contribution in [0, 0.1) is 29.6 Å². The van der Waals surface area contributed by atoms with Gasteiger partial charge in [-0.05, 0) is 61.8 Å². The minimum Gasteiger partial charge on any atom is -0.314 e. The molecule has 3 fully saturated rings. The van der Waals surface area contributed by atoms with E-state index in [4.69, 9.17) is 0 Å². The van der Waals surface area contributed by atoms with Crippen LogP contribution < -0.4 is 5.32 Å². The third-order valence-electron chi connectivity index (χ3n) is 5.17. The standard InChI is InChI=1S/C13H23N/c1-3-10(14-4-2)13-11-8-5-6-9(7-8)12(11)13/h8-14H,3-7H2,1-2H3. The van der Waals surface area contributed by atoms with Crippen molar-refractivity contribution in [3.63, 3.8) is 0 Å². The molecule has 5 atom stereocenters. The molecule has 1 N–H and O–H groups in total. The van der Waals surface area contributed by atoms with Crippen molar-refractivity contribution in [1.29, 1.82) is 0 Å². The minimum atomic E-state index is 0.846. The van der Waals surface area contributed by atoms with Crippen LogP contribution in [0.15, 0.2) is 0 Å². The molecule has 5 unspecified atom stereocenters. The summed E-state index contributed by atoms with van der Waals surface area (Å²) < 4.78 is 0. The molecule has 0 aromatic heterocycles. The summed E-state index contributed by atoms with van der Waals surface area (Å²) in [4.78, 5) is 0. The molecule has 0 heterocycles. The molecule has 0 amide bonds. The van der Waals surface area contributed by atoms with Crippen molar-refractivity contribution in [2.45, 2.75) is 45.6 Å². The Kier molecular flexibility index (Phi) is 2.12. The van der Waals surface area contributed by atoms with E-state index < -0.39 is 0 Å². The van der Waals surface area contributed by atoms with Crippen LogP contribution in [0.25, 0.3) is 0 Å². The van der Waals surface area contributed by atoms with E-state index >= 15 is 0 Å². The van der Waals surface area contributed by atoms with Crippen molar-refractivity contribution < 1.29 is 0 Å². The SMILES string of the molecule is CCNC(CC)C1C2C3CCC(C3)C21. The van der Waals surface area contributed by atoms with E-state index in [9.17, 15) is 0 Å². The van der Waals surface area contributed by atoms with Gasteiger partial charge < -0.3 is 5.32 Å². The fourth-order valence-corrected chi connectivity index (χ4v) is 4.75. The van der Waals surface area contributed by atoms with Gasteiger partial charge in [-0.15, -0.1) is 0 Å². The Labute approximate surface area is 87.7 Å². The number of hydrogen-bond donors (Lipinski definition) is 1. The molecule has 0 aromatic carbocycles. The van der Waals surface area contributed by atoms with Crippen LogP contribution in [0.4, 0.5) is 0 Å². The molecule has 3 saturated carbocycles. The average Bonchev–Trinajstić information content (AvgIpc) is 2.65. The number of nitrogens with one attached hydrogen (secondary N) is 1. The van der Waals surface area contributed by atoms with E-state index in [-0.39, 0.29) is 0 Å². The lowest BCUT2D eigenvalue weighted by Gasteiger charge is -2.19. The third kappa shape index (κ3) is 1.11. The van der Waals surface area contributed by atoms with Crippen LogP contribution in [-0.4, -0.2) is 12.6 Å². The monoisotopic (exact) mass is 193 g/mol. The molecule has 1 nitrogen and oxygen atoms in total. The van der Waals surface area contributed by atoms with Gasteiger partial charge in [-0.2, -0.15) is 0 Å². The average molecular weight is 193 g/mol. The van der Waals surface area contributed by atoms with E-state index in [1.165, 1.54) is 6.42 Å². The summed E-state index contributed by atoms with van der Waals surface area (Å²) in [7, 11) is 0. The zero-order valence-electron chi connectivity index (χ0n) is 9.50. The second kappa shape index (κ2) is 3.23. The lowest BCUT2D eigenvalue weighted by Crippen LogP contribution is -2.32. The summed E-state index contributed by atoms with van der Waals surface area (Å²) in [6.07, 6.45) is 6.05. The van der Waals surface area contributed by atoms with Gasteiger partial charge in [-0.1, -0.05) is 13.8 Å². The second-order valence-corrected chi connectivity index (χ2v) is 5.64. The van der Waals surface area contributed by atoms with Crippen molar-refractivity contribution in [1.82, 2.24) is 5.32 Å². The third-order valence-corrected chi connectivity index (χ3v) is 5.17. The van der Waals surface area contributed by atoms with Crippen molar-refractivity contribution >= 4 is 0 Å². The van der Waals surface area contributed by atoms with E-state index in [1.54, 1.807) is 19.3 Å². The smallest absolute Gasteiger partial charge is 0.00982 e. The molecule has 0 aromatic rings. The van der Waals surface area contributed by atoms with Gasteiger partial charge in [-0.25, -0.2) is 0 Å². The van der Waals surface area contributed by atoms with Crippen molar-refractivity contribution in [3.8, 4) is 0 Å². The highest BCUT2D eigenvalue weighted by atomic mass is 14.9. The first-order valence-electron chi connectivity index (χ1n) is 6.60. The molecule has 0 aliphatic heterocycles. The molecule has 1 heteroatoms. The van der Waals surface area contributed by atoms with Gasteiger partial charge in [-0.3, -0.25) is 0 Å². The maximum atomic E-state index is 3.69. The summed E-state index contributed by atoms with van der Waals surface area (Å²) in [5, 5.41) is 3.69. The van der Waals surface area contributed by atoms with Gasteiger partial charge in [0.2, 0.25) is 0 Å². The summed E-state index contributed by atoms with van der Waals surface area (Å²) in [5.74, 6) is 5.66. The summed E-state index contributed by atoms with van der Waals surface area (Å²) in [5.41, 5.74) is 0. The van der Waals surface area contributed by atoms with Gasteiger partial charge in [0.1, 0.15) is 0 Å². The number of fused-ring (bicyclic) bond motifs is 5. The van der Waals surface area contributed by atoms with E-state index in [2.05, 4.69) is 19.2 Å². The zero-order valence-corrected chi connectivity index (χ0v) is 9.50. The minimum absolute atomic E-state index is 0.846. The van der Waals surface area contributed by atoms with Crippen molar-refractivity contribution in [2.75, 3.05) is 6.54 Å². The van der Waals surface area contributed by atoms with Gasteiger partial charge in [0.05, 0.1) is 0 Å². The molecule has 3 aliphatic carbocycles. The zero-order chi connectivity index (χ0) is 9.71. The van der Waals surface area contributed by atoms with Gasteiger partial charge >= 0.3 is 0 Å². The molecule has 0 radical (unpaired) electrons. The topological polar surface area (TPSA) is 12.0 Å². The molecule has 3 rings (SSSR count). The number of rotatable bonds is 4. The molecule has 2 bridgehead atoms. The van der Waals surface area contributed by atoms with Crippen LogP contribution in [-0.2, 0) is 0 Å². The Balaban J connectivity index is 1.66. The van der Waals surface area contributed by atoms with Crippen LogP contribution in [0.3, 0.4) is 0 Å². The first-order valence-corrected chi connectivity index (χ1v) is 6.60. The number of hydrogen-bond acceptors (Lipinski definition) is 1. The lowest BCUT2D eigenvalue weighted by atomic mass is 9.96. The maximum absolute atomic E-state index is 3.69. The summed E-state index contributed by atoms with van der Waals surface area (Å²) >= 11 is 0. The van der Waals surface area contributed by atoms with Crippen LogP contribution in [0.5, 0.6) is 0 Å². The lowest BCUT2D eigenvalue weighted by molar-refractivity contribution is 0.361. The largest absolute Gasteiger partial charge is 0.314 e. The maximum Gasteiger partial charge on any atom is 0.00982 e. The van der Waals surface area contributed by atoms with E-state index in [1.807, 2.05) is 0 Å². The Bertz CT molecular complexity index is 209. The van der Waals surface area contributed by atoms with Crippen molar-refractivity contribution in [2.24, 2.45) is 29.6 Å². The Hall–Kier alpha value is -0.0400. The first kappa shape index (κ1) is 9.21. The molecular formula is C13H23N. The van der Waals surface area contributed by atoms with Gasteiger partial charge in [0, 0.05) is 6.04 Å². The Morgan fingerprint density at radius 2 is 1.79 bits per heavy atom. The highest BCUT2D eigenvalue weighted by Gasteiger charge is 2.66. The predicted octanol–water partition coefficient (Wildman–Crippen LogP) is 2.67. The highest BCUT2D eigenvalue weighted by Crippen LogP contribution is 2.70. The fourth-order valence-electron chi connectivity index (χ4n) is 4.75. The quantitative estimate of drug-likeness (QED) is 0.724. The summed E-state index contributed by atoms with van der Waals surface area (Å²) in [6.45, 7) is 5.75. The Morgan fingerprint density at radius 1 is 1.14 bits per heavy atom. The molecule has 0 saturated heterocycles. The predicted molar refractivity (Wildman–Crippen MR) is 59.1 cm³/mol. The van der Waals surface area contributed by atoms with Crippen LogP contribution in [0.2, 0.25) is 0 Å². The Morgan fingerprint density at radius 3 is 2.29 bits per heavy atom. The van der Waals surface area contributed by atoms with Crippen molar-refractivity contribution in [3.05, 3.63) is 0 Å². The van der Waals surface area contributed by atoms with Crippen LogP contribution >= 0.6 is 0 Å². The molecule has 14 heavy (non-hydrogen) atoms. The fraction of sp³-hybridized carbons (Fsp3) is 1.00.